The highest BCUT2D eigenvalue weighted by Crippen LogP contribution is 2.43. The topological polar surface area (TPSA) is 63.6 Å². The molecule has 172 valence electrons. The maximum Gasteiger partial charge on any atom is 0.272 e. The highest BCUT2D eigenvalue weighted by atomic mass is 16.5. The van der Waals surface area contributed by atoms with Crippen LogP contribution in [-0.2, 0) is 18.4 Å². The van der Waals surface area contributed by atoms with E-state index in [0.29, 0.717) is 12.2 Å². The monoisotopic (exact) mass is 453 g/mol. The van der Waals surface area contributed by atoms with Crippen LogP contribution in [0.25, 0.3) is 10.9 Å². The molecule has 6 nitrogen and oxygen atoms in total. The number of hydrogen-bond donors (Lipinski definition) is 1. The van der Waals surface area contributed by atoms with Crippen molar-refractivity contribution in [3.8, 4) is 5.75 Å². The molecule has 4 aromatic rings. The number of rotatable bonds is 6. The molecule has 34 heavy (non-hydrogen) atoms. The van der Waals surface area contributed by atoms with Gasteiger partial charge >= 0.3 is 0 Å². The molecule has 0 bridgehead atoms. The number of para-hydroxylation sites is 1. The van der Waals surface area contributed by atoms with Gasteiger partial charge in [-0.1, -0.05) is 54.6 Å². The van der Waals surface area contributed by atoms with E-state index < -0.39 is 0 Å². The number of amides is 2. The summed E-state index contributed by atoms with van der Waals surface area (Å²) >= 11 is 0. The number of ether oxygens (including phenoxy) is 1. The molecule has 0 saturated heterocycles. The van der Waals surface area contributed by atoms with Gasteiger partial charge in [0.15, 0.2) is 0 Å². The second-order valence-corrected chi connectivity index (χ2v) is 8.65. The summed E-state index contributed by atoms with van der Waals surface area (Å²) in [6.45, 7) is 2.42. The van der Waals surface area contributed by atoms with E-state index in [1.165, 1.54) is 0 Å². The van der Waals surface area contributed by atoms with Gasteiger partial charge in [-0.05, 0) is 41.8 Å². The molecule has 1 atom stereocenters. The Hall–Kier alpha value is -4.06. The Kier molecular flexibility index (Phi) is 5.57. The molecule has 0 radical (unpaired) electrons. The Bertz CT molecular complexity index is 1390. The lowest BCUT2D eigenvalue weighted by molar-refractivity contribution is -0.122. The van der Waals surface area contributed by atoms with Gasteiger partial charge in [-0.15, -0.1) is 0 Å². The lowest BCUT2D eigenvalue weighted by Crippen LogP contribution is -2.39. The molecule has 1 aromatic heterocycles. The summed E-state index contributed by atoms with van der Waals surface area (Å²) in [4.78, 5) is 28.3. The molecule has 1 N–H and O–H groups in total. The van der Waals surface area contributed by atoms with Crippen molar-refractivity contribution in [1.82, 2.24) is 14.8 Å². The van der Waals surface area contributed by atoms with Crippen LogP contribution in [0, 0.1) is 6.92 Å². The van der Waals surface area contributed by atoms with Gasteiger partial charge in [-0.3, -0.25) is 9.59 Å². The summed E-state index contributed by atoms with van der Waals surface area (Å²) in [5, 5.41) is 4.01. The molecule has 5 rings (SSSR count). The van der Waals surface area contributed by atoms with Crippen molar-refractivity contribution < 1.29 is 14.3 Å². The number of fused-ring (bicyclic) bond motifs is 3. The first-order valence-electron chi connectivity index (χ1n) is 11.3. The molecule has 0 saturated carbocycles. The van der Waals surface area contributed by atoms with Crippen LogP contribution in [-0.4, -0.2) is 34.9 Å². The van der Waals surface area contributed by atoms with Crippen molar-refractivity contribution in [3.05, 3.63) is 101 Å². The van der Waals surface area contributed by atoms with E-state index >= 15 is 0 Å². The highest BCUT2D eigenvalue weighted by Gasteiger charge is 2.42. The maximum absolute atomic E-state index is 13.7. The van der Waals surface area contributed by atoms with Crippen molar-refractivity contribution in [2.24, 2.45) is 7.05 Å². The lowest BCUT2D eigenvalue weighted by Gasteiger charge is -2.26. The van der Waals surface area contributed by atoms with E-state index in [0.717, 1.165) is 38.9 Å². The van der Waals surface area contributed by atoms with Crippen LogP contribution < -0.4 is 10.1 Å². The Morgan fingerprint density at radius 2 is 1.71 bits per heavy atom. The van der Waals surface area contributed by atoms with E-state index in [2.05, 4.69) is 5.32 Å². The van der Waals surface area contributed by atoms with Gasteiger partial charge in [0, 0.05) is 30.1 Å². The Morgan fingerprint density at radius 3 is 2.44 bits per heavy atom. The van der Waals surface area contributed by atoms with Gasteiger partial charge in [0.1, 0.15) is 18.0 Å². The van der Waals surface area contributed by atoms with Crippen molar-refractivity contribution in [2.45, 2.75) is 19.5 Å². The standard InChI is InChI=1S/C28H27N3O3/c1-18-8-4-5-9-20(18)16-29-24(32)17-31-26(19-12-14-21(34-3)15-13-19)25-22-10-6-7-11-23(22)30(2)27(25)28(31)33/h4-15,26H,16-17H2,1-3H3,(H,29,32)/t26-/m0/s1. The van der Waals surface area contributed by atoms with Crippen LogP contribution in [0.2, 0.25) is 0 Å². The molecule has 0 unspecified atom stereocenters. The number of benzene rings is 3. The van der Waals surface area contributed by atoms with Crippen LogP contribution in [0.1, 0.15) is 38.8 Å². The summed E-state index contributed by atoms with van der Waals surface area (Å²) < 4.78 is 7.26. The van der Waals surface area contributed by atoms with E-state index in [1.807, 2.05) is 91.3 Å². The minimum absolute atomic E-state index is 0.0234. The fourth-order valence-corrected chi connectivity index (χ4v) is 4.88. The smallest absolute Gasteiger partial charge is 0.272 e. The number of methoxy groups -OCH3 is 1. The number of carbonyl (C=O) groups is 2. The lowest BCUT2D eigenvalue weighted by atomic mass is 9.98. The van der Waals surface area contributed by atoms with Gasteiger partial charge in [0.25, 0.3) is 5.91 Å². The minimum Gasteiger partial charge on any atom is -0.497 e. The van der Waals surface area contributed by atoms with Gasteiger partial charge in [0.05, 0.1) is 13.2 Å². The van der Waals surface area contributed by atoms with Crippen LogP contribution in [0.3, 0.4) is 0 Å². The van der Waals surface area contributed by atoms with E-state index in [9.17, 15) is 9.59 Å². The predicted molar refractivity (Wildman–Crippen MR) is 132 cm³/mol. The minimum atomic E-state index is -0.358. The number of carbonyl (C=O) groups excluding carboxylic acids is 2. The summed E-state index contributed by atoms with van der Waals surface area (Å²) in [6.07, 6.45) is 0. The van der Waals surface area contributed by atoms with Crippen molar-refractivity contribution in [2.75, 3.05) is 13.7 Å². The molecule has 1 aliphatic rings. The number of nitrogens with one attached hydrogen (secondary N) is 1. The summed E-state index contributed by atoms with van der Waals surface area (Å²) in [7, 11) is 3.54. The Labute approximate surface area is 198 Å². The third-order valence-electron chi connectivity index (χ3n) is 6.68. The van der Waals surface area contributed by atoms with E-state index in [-0.39, 0.29) is 24.4 Å². The van der Waals surface area contributed by atoms with E-state index in [1.54, 1.807) is 12.0 Å². The van der Waals surface area contributed by atoms with E-state index in [4.69, 9.17) is 4.74 Å². The first-order valence-corrected chi connectivity index (χ1v) is 11.3. The number of hydrogen-bond acceptors (Lipinski definition) is 3. The van der Waals surface area contributed by atoms with Crippen LogP contribution in [0.4, 0.5) is 0 Å². The SMILES string of the molecule is COc1ccc([C@H]2c3c(n(C)c4ccccc34)C(=O)N2CC(=O)NCc2ccccc2C)cc1. The largest absolute Gasteiger partial charge is 0.497 e. The molecule has 6 heteroatoms. The van der Waals surface area contributed by atoms with Gasteiger partial charge in [-0.2, -0.15) is 0 Å². The molecule has 3 aromatic carbocycles. The van der Waals surface area contributed by atoms with Gasteiger partial charge in [-0.25, -0.2) is 0 Å². The van der Waals surface area contributed by atoms with Crippen molar-refractivity contribution in [1.29, 1.82) is 0 Å². The first-order chi connectivity index (χ1) is 16.5. The highest BCUT2D eigenvalue weighted by molar-refractivity contribution is 6.07. The predicted octanol–water partition coefficient (Wildman–Crippen LogP) is 4.36. The average Bonchev–Trinajstić information content (AvgIpc) is 3.31. The van der Waals surface area contributed by atoms with Gasteiger partial charge < -0.3 is 19.5 Å². The second kappa shape index (κ2) is 8.71. The van der Waals surface area contributed by atoms with Crippen LogP contribution in [0.15, 0.2) is 72.8 Å². The molecule has 0 fully saturated rings. The fraction of sp³-hybridized carbons (Fsp3) is 0.214. The third-order valence-corrected chi connectivity index (χ3v) is 6.68. The zero-order valence-corrected chi connectivity index (χ0v) is 19.5. The van der Waals surface area contributed by atoms with Crippen LogP contribution in [0.5, 0.6) is 5.75 Å². The fourth-order valence-electron chi connectivity index (χ4n) is 4.88. The zero-order chi connectivity index (χ0) is 23.8. The summed E-state index contributed by atoms with van der Waals surface area (Å²) in [5.41, 5.74) is 5.70. The summed E-state index contributed by atoms with van der Waals surface area (Å²) in [5.74, 6) is 0.418. The Balaban J connectivity index is 1.50. The average molecular weight is 454 g/mol. The van der Waals surface area contributed by atoms with Crippen molar-refractivity contribution in [3.63, 3.8) is 0 Å². The third kappa shape index (κ3) is 3.61. The normalized spacial score (nSPS) is 15.0. The molecule has 0 spiro atoms. The second-order valence-electron chi connectivity index (χ2n) is 8.65. The molecule has 1 aliphatic heterocycles. The molecule has 2 amide bonds. The number of aromatic nitrogens is 1. The Morgan fingerprint density at radius 1 is 1.00 bits per heavy atom. The number of aryl methyl sites for hydroxylation is 2. The molecular formula is C28H27N3O3. The van der Waals surface area contributed by atoms with Crippen LogP contribution >= 0.6 is 0 Å². The molecule has 2 heterocycles. The maximum atomic E-state index is 13.7. The molecule has 0 aliphatic carbocycles. The zero-order valence-electron chi connectivity index (χ0n) is 19.5. The number of nitrogens with zero attached hydrogens (tertiary/aromatic N) is 2. The van der Waals surface area contributed by atoms with Crippen molar-refractivity contribution >= 4 is 22.7 Å². The summed E-state index contributed by atoms with van der Waals surface area (Å²) in [6, 6.07) is 23.3. The quantitative estimate of drug-likeness (QED) is 0.472. The first kappa shape index (κ1) is 21.8. The molecular weight excluding hydrogens is 426 g/mol. The van der Waals surface area contributed by atoms with Gasteiger partial charge in [0.2, 0.25) is 5.91 Å².